The quantitative estimate of drug-likeness (QED) is 0.0261. The SMILES string of the molecule is CCCCC/C=C\C/C=C\CCCCCCCCCC(=O)OC(COC(=O)CCCCCCCCCCCCCCCC/C=C\C/C=C\C/C=C\CCCCCCC)COC(=O)CCCCCCCCCCCCCCCCCCC. The van der Waals surface area contributed by atoms with Crippen molar-refractivity contribution in [2.45, 2.75) is 386 Å². The summed E-state index contributed by atoms with van der Waals surface area (Å²) in [4.78, 5) is 38.5. The maximum Gasteiger partial charge on any atom is 0.306 e. The summed E-state index contributed by atoms with van der Waals surface area (Å²) in [6, 6.07) is 0. The van der Waals surface area contributed by atoms with Crippen molar-refractivity contribution in [3.63, 3.8) is 0 Å². The minimum absolute atomic E-state index is 0.0728. The second kappa shape index (κ2) is 69.6. The Hall–Kier alpha value is -2.89. The normalized spacial score (nSPS) is 12.4. The molecule has 0 amide bonds. The molecular weight excluding hydrogens is 997 g/mol. The molecule has 0 aromatic carbocycles. The van der Waals surface area contributed by atoms with Crippen LogP contribution < -0.4 is 0 Å². The molecule has 0 aliphatic rings. The molecule has 6 nitrogen and oxygen atoms in total. The molecule has 0 saturated carbocycles. The average molecular weight is 1130 g/mol. The fourth-order valence-corrected chi connectivity index (χ4v) is 10.6. The summed E-state index contributed by atoms with van der Waals surface area (Å²) in [6.07, 6.45) is 89.6. The number of carbonyl (C=O) groups is 3. The maximum absolute atomic E-state index is 12.9. The van der Waals surface area contributed by atoms with Gasteiger partial charge in [-0.2, -0.15) is 0 Å². The van der Waals surface area contributed by atoms with E-state index in [2.05, 4.69) is 81.5 Å². The van der Waals surface area contributed by atoms with Crippen LogP contribution in [0.2, 0.25) is 0 Å². The zero-order valence-corrected chi connectivity index (χ0v) is 54.3. The number of rotatable bonds is 66. The van der Waals surface area contributed by atoms with Crippen LogP contribution in [0.15, 0.2) is 60.8 Å². The fourth-order valence-electron chi connectivity index (χ4n) is 10.6. The molecule has 0 rings (SSSR count). The topological polar surface area (TPSA) is 78.9 Å². The van der Waals surface area contributed by atoms with Crippen molar-refractivity contribution in [3.8, 4) is 0 Å². The third kappa shape index (κ3) is 67.8. The van der Waals surface area contributed by atoms with Crippen LogP contribution in [0.5, 0.6) is 0 Å². The van der Waals surface area contributed by atoms with Crippen molar-refractivity contribution in [2.24, 2.45) is 0 Å². The monoisotopic (exact) mass is 1130 g/mol. The molecule has 0 radical (unpaired) electrons. The molecule has 0 heterocycles. The zero-order chi connectivity index (χ0) is 58.5. The highest BCUT2D eigenvalue weighted by Crippen LogP contribution is 2.18. The van der Waals surface area contributed by atoms with E-state index in [9.17, 15) is 14.4 Å². The van der Waals surface area contributed by atoms with Gasteiger partial charge in [0.2, 0.25) is 0 Å². The van der Waals surface area contributed by atoms with Gasteiger partial charge in [-0.15, -0.1) is 0 Å². The second-order valence-corrected chi connectivity index (χ2v) is 24.1. The summed E-state index contributed by atoms with van der Waals surface area (Å²) in [6.45, 7) is 6.66. The Morgan fingerprint density at radius 2 is 0.444 bits per heavy atom. The summed E-state index contributed by atoms with van der Waals surface area (Å²) in [5.74, 6) is -0.856. The van der Waals surface area contributed by atoms with E-state index < -0.39 is 6.10 Å². The predicted molar refractivity (Wildman–Crippen MR) is 353 cm³/mol. The second-order valence-electron chi connectivity index (χ2n) is 24.1. The number of carbonyl (C=O) groups excluding carboxylic acids is 3. The molecule has 6 heteroatoms. The minimum Gasteiger partial charge on any atom is -0.462 e. The predicted octanol–water partition coefficient (Wildman–Crippen LogP) is 24.7. The van der Waals surface area contributed by atoms with Crippen LogP contribution in [0.4, 0.5) is 0 Å². The Morgan fingerprint density at radius 3 is 0.716 bits per heavy atom. The van der Waals surface area contributed by atoms with Crippen LogP contribution in [-0.2, 0) is 28.6 Å². The average Bonchev–Trinajstić information content (AvgIpc) is 3.47. The van der Waals surface area contributed by atoms with E-state index in [-0.39, 0.29) is 31.1 Å². The van der Waals surface area contributed by atoms with Crippen molar-refractivity contribution in [3.05, 3.63) is 60.8 Å². The van der Waals surface area contributed by atoms with E-state index in [0.717, 1.165) is 83.5 Å². The lowest BCUT2D eigenvalue weighted by Gasteiger charge is -2.18. The number of unbranched alkanes of at least 4 members (excludes halogenated alkanes) is 45. The number of ether oxygens (including phenoxy) is 3. The first-order chi connectivity index (χ1) is 40.0. The molecule has 0 aliphatic heterocycles. The summed E-state index contributed by atoms with van der Waals surface area (Å²) >= 11 is 0. The maximum atomic E-state index is 12.9. The van der Waals surface area contributed by atoms with Gasteiger partial charge in [-0.1, -0.05) is 332 Å². The van der Waals surface area contributed by atoms with Crippen LogP contribution >= 0.6 is 0 Å². The summed E-state index contributed by atoms with van der Waals surface area (Å²) in [5.41, 5.74) is 0. The molecule has 0 aliphatic carbocycles. The molecule has 81 heavy (non-hydrogen) atoms. The minimum atomic E-state index is -0.778. The number of hydrogen-bond donors (Lipinski definition) is 0. The highest BCUT2D eigenvalue weighted by molar-refractivity contribution is 5.71. The van der Waals surface area contributed by atoms with Gasteiger partial charge >= 0.3 is 17.9 Å². The highest BCUT2D eigenvalue weighted by atomic mass is 16.6. The van der Waals surface area contributed by atoms with Crippen molar-refractivity contribution < 1.29 is 28.6 Å². The molecule has 0 fully saturated rings. The van der Waals surface area contributed by atoms with E-state index in [0.29, 0.717) is 19.3 Å². The van der Waals surface area contributed by atoms with Crippen LogP contribution in [-0.4, -0.2) is 37.2 Å². The Kier molecular flexibility index (Phi) is 67.1. The van der Waals surface area contributed by atoms with Crippen LogP contribution in [0, 0.1) is 0 Å². The summed E-state index contributed by atoms with van der Waals surface area (Å²) < 4.78 is 17.0. The first-order valence-electron chi connectivity index (χ1n) is 35.8. The van der Waals surface area contributed by atoms with E-state index in [4.69, 9.17) is 14.2 Å². The smallest absolute Gasteiger partial charge is 0.306 e. The summed E-state index contributed by atoms with van der Waals surface area (Å²) in [7, 11) is 0. The number of esters is 3. The van der Waals surface area contributed by atoms with Gasteiger partial charge in [0.25, 0.3) is 0 Å². The first-order valence-corrected chi connectivity index (χ1v) is 35.8. The fraction of sp³-hybridized carbons (Fsp3) is 0.827. The van der Waals surface area contributed by atoms with Gasteiger partial charge in [-0.25, -0.2) is 0 Å². The molecule has 0 bridgehead atoms. The Labute approximate surface area is 504 Å². The lowest BCUT2D eigenvalue weighted by molar-refractivity contribution is -0.167. The van der Waals surface area contributed by atoms with Gasteiger partial charge < -0.3 is 14.2 Å². The molecule has 0 aromatic heterocycles. The van der Waals surface area contributed by atoms with E-state index >= 15 is 0 Å². The van der Waals surface area contributed by atoms with E-state index in [1.54, 1.807) is 0 Å². The zero-order valence-electron chi connectivity index (χ0n) is 54.3. The van der Waals surface area contributed by atoms with Crippen LogP contribution in [0.1, 0.15) is 380 Å². The molecular formula is C75H136O6. The van der Waals surface area contributed by atoms with Gasteiger partial charge in [0, 0.05) is 19.3 Å². The molecule has 472 valence electrons. The highest BCUT2D eigenvalue weighted by Gasteiger charge is 2.19. The van der Waals surface area contributed by atoms with Gasteiger partial charge in [0.15, 0.2) is 6.10 Å². The molecule has 0 N–H and O–H groups in total. The standard InChI is InChI=1S/C75H136O6/c1-4-7-10-13-16-19-22-25-28-31-32-33-34-35-36-37-38-39-40-41-42-45-47-50-53-56-59-62-65-68-74(77)80-71-72(81-75(78)69-66-63-60-57-54-51-48-44-30-27-24-21-18-15-12-9-6-3)70-79-73(76)67-64-61-58-55-52-49-46-43-29-26-23-20-17-14-11-8-5-2/h18,21-22,25,27,30-32,34-35,72H,4-17,19-20,23-24,26,28-29,33,36-71H2,1-3H3/b21-18-,25-22-,30-27-,32-31-,35-34-. The Morgan fingerprint density at radius 1 is 0.247 bits per heavy atom. The van der Waals surface area contributed by atoms with Crippen molar-refractivity contribution >= 4 is 17.9 Å². The van der Waals surface area contributed by atoms with Crippen LogP contribution in [0.3, 0.4) is 0 Å². The third-order valence-corrected chi connectivity index (χ3v) is 16.0. The van der Waals surface area contributed by atoms with Crippen LogP contribution in [0.25, 0.3) is 0 Å². The first kappa shape index (κ1) is 78.1. The van der Waals surface area contributed by atoms with E-state index in [1.807, 2.05) is 0 Å². The largest absolute Gasteiger partial charge is 0.462 e. The number of allylic oxidation sites excluding steroid dienone is 10. The van der Waals surface area contributed by atoms with Gasteiger partial charge in [0.05, 0.1) is 0 Å². The van der Waals surface area contributed by atoms with Gasteiger partial charge in [-0.05, 0) is 89.9 Å². The molecule has 1 unspecified atom stereocenters. The summed E-state index contributed by atoms with van der Waals surface area (Å²) in [5, 5.41) is 0. The van der Waals surface area contributed by atoms with Crippen molar-refractivity contribution in [1.82, 2.24) is 0 Å². The van der Waals surface area contributed by atoms with Crippen molar-refractivity contribution in [1.29, 1.82) is 0 Å². The Bertz CT molecular complexity index is 1440. The van der Waals surface area contributed by atoms with Gasteiger partial charge in [0.1, 0.15) is 13.2 Å². The van der Waals surface area contributed by atoms with Crippen molar-refractivity contribution in [2.75, 3.05) is 13.2 Å². The van der Waals surface area contributed by atoms with E-state index in [1.165, 1.54) is 257 Å². The molecule has 0 spiro atoms. The lowest BCUT2D eigenvalue weighted by Crippen LogP contribution is -2.30. The third-order valence-electron chi connectivity index (χ3n) is 16.0. The number of hydrogen-bond acceptors (Lipinski definition) is 6. The molecule has 0 aromatic rings. The Balaban J connectivity index is 4.26. The lowest BCUT2D eigenvalue weighted by atomic mass is 10.0. The molecule has 1 atom stereocenters. The van der Waals surface area contributed by atoms with Gasteiger partial charge in [-0.3, -0.25) is 14.4 Å². The molecule has 0 saturated heterocycles.